The van der Waals surface area contributed by atoms with Crippen LogP contribution in [0.5, 0.6) is 5.75 Å². The number of β-amino-alcohol motifs (C(OH)–C–C–N with tert-alkyl or cyclic N) is 1. The van der Waals surface area contributed by atoms with Gasteiger partial charge in [0, 0.05) is 39.3 Å². The van der Waals surface area contributed by atoms with E-state index in [4.69, 9.17) is 4.74 Å². The maximum Gasteiger partial charge on any atom is 0.119 e. The molecule has 0 bridgehead atoms. The smallest absolute Gasteiger partial charge is 0.119 e. The van der Waals surface area contributed by atoms with Gasteiger partial charge in [-0.3, -0.25) is 9.80 Å². The summed E-state index contributed by atoms with van der Waals surface area (Å²) in [6.07, 6.45) is -0.463. The van der Waals surface area contributed by atoms with Crippen molar-refractivity contribution in [1.29, 1.82) is 0 Å². The van der Waals surface area contributed by atoms with Crippen LogP contribution in [0.3, 0.4) is 0 Å². The molecule has 2 aromatic carbocycles. The lowest BCUT2D eigenvalue weighted by atomic mass is 10.0. The summed E-state index contributed by atoms with van der Waals surface area (Å²) in [6.45, 7) is 10.4. The highest BCUT2D eigenvalue weighted by molar-refractivity contribution is 5.28. The molecular weight excluding hydrogens is 336 g/mol. The molecule has 1 heterocycles. The van der Waals surface area contributed by atoms with Gasteiger partial charge in [-0.25, -0.2) is 0 Å². The van der Waals surface area contributed by atoms with E-state index in [1.54, 1.807) is 0 Å². The molecule has 3 rings (SSSR count). The number of aliphatic hydroxyl groups is 1. The zero-order valence-electron chi connectivity index (χ0n) is 16.6. The number of aliphatic hydroxyl groups excluding tert-OH is 1. The Bertz CT molecular complexity index is 665. The van der Waals surface area contributed by atoms with E-state index in [1.165, 1.54) is 11.1 Å². The van der Waals surface area contributed by atoms with Crippen molar-refractivity contribution in [2.75, 3.05) is 39.3 Å². The number of rotatable bonds is 8. The van der Waals surface area contributed by atoms with E-state index in [0.717, 1.165) is 38.5 Å². The monoisotopic (exact) mass is 368 g/mol. The fraction of sp³-hybridized carbons (Fsp3) is 0.478. The van der Waals surface area contributed by atoms with Gasteiger partial charge >= 0.3 is 0 Å². The van der Waals surface area contributed by atoms with Crippen molar-refractivity contribution < 1.29 is 9.84 Å². The Morgan fingerprint density at radius 2 is 1.52 bits per heavy atom. The van der Waals surface area contributed by atoms with E-state index in [1.807, 2.05) is 12.1 Å². The summed E-state index contributed by atoms with van der Waals surface area (Å²) in [7, 11) is 0. The molecule has 4 nitrogen and oxygen atoms in total. The van der Waals surface area contributed by atoms with Crippen LogP contribution in [0.15, 0.2) is 54.6 Å². The van der Waals surface area contributed by atoms with Gasteiger partial charge in [0.1, 0.15) is 18.5 Å². The van der Waals surface area contributed by atoms with Gasteiger partial charge in [-0.2, -0.15) is 0 Å². The predicted molar refractivity (Wildman–Crippen MR) is 110 cm³/mol. The first kappa shape index (κ1) is 19.9. The first-order valence-electron chi connectivity index (χ1n) is 9.99. The Labute approximate surface area is 163 Å². The molecule has 2 aromatic rings. The van der Waals surface area contributed by atoms with Crippen LogP contribution in [0.2, 0.25) is 0 Å². The summed E-state index contributed by atoms with van der Waals surface area (Å²) < 4.78 is 5.76. The highest BCUT2D eigenvalue weighted by Gasteiger charge is 2.19. The third kappa shape index (κ3) is 6.35. The molecule has 0 saturated carbocycles. The molecule has 1 aliphatic rings. The number of nitrogens with zero attached hydrogens (tertiary/aromatic N) is 2. The molecule has 27 heavy (non-hydrogen) atoms. The summed E-state index contributed by atoms with van der Waals surface area (Å²) in [5.41, 5.74) is 2.67. The third-order valence-electron chi connectivity index (χ3n) is 5.17. The van der Waals surface area contributed by atoms with Crippen molar-refractivity contribution in [2.24, 2.45) is 0 Å². The van der Waals surface area contributed by atoms with Crippen molar-refractivity contribution in [3.8, 4) is 5.75 Å². The van der Waals surface area contributed by atoms with Gasteiger partial charge in [-0.05, 0) is 29.2 Å². The fourth-order valence-electron chi connectivity index (χ4n) is 3.46. The summed E-state index contributed by atoms with van der Waals surface area (Å²) in [5, 5.41) is 10.3. The first-order chi connectivity index (χ1) is 13.1. The topological polar surface area (TPSA) is 35.9 Å². The molecule has 146 valence electrons. The van der Waals surface area contributed by atoms with Crippen molar-refractivity contribution in [2.45, 2.75) is 32.4 Å². The second-order valence-electron chi connectivity index (χ2n) is 7.75. The third-order valence-corrected chi connectivity index (χ3v) is 5.17. The summed E-state index contributed by atoms with van der Waals surface area (Å²) in [6, 6.07) is 18.8. The van der Waals surface area contributed by atoms with Crippen LogP contribution in [-0.2, 0) is 6.54 Å². The van der Waals surface area contributed by atoms with Gasteiger partial charge in [0.2, 0.25) is 0 Å². The minimum atomic E-state index is -0.463. The molecule has 1 unspecified atom stereocenters. The molecule has 0 amide bonds. The summed E-state index contributed by atoms with van der Waals surface area (Å²) in [4.78, 5) is 4.81. The average Bonchev–Trinajstić information content (AvgIpc) is 2.69. The van der Waals surface area contributed by atoms with Gasteiger partial charge in [-0.1, -0.05) is 56.3 Å². The molecule has 1 N–H and O–H groups in total. The van der Waals surface area contributed by atoms with E-state index in [0.29, 0.717) is 19.1 Å². The Morgan fingerprint density at radius 1 is 0.889 bits per heavy atom. The Morgan fingerprint density at radius 3 is 2.15 bits per heavy atom. The maximum absolute atomic E-state index is 10.3. The maximum atomic E-state index is 10.3. The molecule has 1 atom stereocenters. The van der Waals surface area contributed by atoms with Crippen LogP contribution in [-0.4, -0.2) is 60.3 Å². The van der Waals surface area contributed by atoms with Crippen LogP contribution in [0.1, 0.15) is 30.9 Å². The Balaban J connectivity index is 1.36. The van der Waals surface area contributed by atoms with E-state index >= 15 is 0 Å². The molecular formula is C23H32N2O2. The fourth-order valence-corrected chi connectivity index (χ4v) is 3.46. The lowest BCUT2D eigenvalue weighted by Gasteiger charge is -2.35. The lowest BCUT2D eigenvalue weighted by Crippen LogP contribution is -2.48. The molecule has 1 fully saturated rings. The molecule has 1 aliphatic heterocycles. The predicted octanol–water partition coefficient (Wildman–Crippen LogP) is 3.37. The zero-order chi connectivity index (χ0) is 19.1. The summed E-state index contributed by atoms with van der Waals surface area (Å²) in [5.74, 6) is 1.34. The van der Waals surface area contributed by atoms with Crippen LogP contribution in [0.25, 0.3) is 0 Å². The van der Waals surface area contributed by atoms with Crippen LogP contribution >= 0.6 is 0 Å². The standard InChI is InChI=1S/C23H32N2O2/c1-19(2)21-8-10-23(11-9-21)27-18-22(26)17-25-14-12-24(13-15-25)16-20-6-4-3-5-7-20/h3-11,19,22,26H,12-18H2,1-2H3. The SMILES string of the molecule is CC(C)c1ccc(OCC(O)CN2CCN(Cc3ccccc3)CC2)cc1. The largest absolute Gasteiger partial charge is 0.491 e. The van der Waals surface area contributed by atoms with E-state index in [-0.39, 0.29) is 0 Å². The second-order valence-corrected chi connectivity index (χ2v) is 7.75. The normalized spacial score (nSPS) is 17.2. The van der Waals surface area contributed by atoms with E-state index in [2.05, 4.69) is 66.1 Å². The molecule has 4 heteroatoms. The minimum absolute atomic E-state index is 0.339. The average molecular weight is 369 g/mol. The van der Waals surface area contributed by atoms with Gasteiger partial charge in [0.25, 0.3) is 0 Å². The minimum Gasteiger partial charge on any atom is -0.491 e. The van der Waals surface area contributed by atoms with Crippen molar-refractivity contribution in [3.63, 3.8) is 0 Å². The number of ether oxygens (including phenoxy) is 1. The van der Waals surface area contributed by atoms with Crippen LogP contribution in [0.4, 0.5) is 0 Å². The lowest BCUT2D eigenvalue weighted by molar-refractivity contribution is 0.0446. The van der Waals surface area contributed by atoms with Crippen molar-refractivity contribution >= 4 is 0 Å². The zero-order valence-corrected chi connectivity index (χ0v) is 16.6. The van der Waals surface area contributed by atoms with Gasteiger partial charge in [0.15, 0.2) is 0 Å². The first-order valence-corrected chi connectivity index (χ1v) is 9.99. The molecule has 0 aliphatic carbocycles. The molecule has 1 saturated heterocycles. The number of piperazine rings is 1. The van der Waals surface area contributed by atoms with Crippen LogP contribution in [0, 0.1) is 0 Å². The number of hydrogen-bond donors (Lipinski definition) is 1. The second kappa shape index (κ2) is 9.88. The quantitative estimate of drug-likeness (QED) is 0.775. The highest BCUT2D eigenvalue weighted by Crippen LogP contribution is 2.18. The van der Waals surface area contributed by atoms with E-state index in [9.17, 15) is 5.11 Å². The molecule has 0 spiro atoms. The van der Waals surface area contributed by atoms with E-state index < -0.39 is 6.10 Å². The molecule has 0 radical (unpaired) electrons. The Kier molecular flexibility index (Phi) is 7.27. The Hall–Kier alpha value is -1.88. The van der Waals surface area contributed by atoms with Crippen LogP contribution < -0.4 is 4.74 Å². The van der Waals surface area contributed by atoms with Gasteiger partial charge < -0.3 is 9.84 Å². The van der Waals surface area contributed by atoms with Gasteiger partial charge in [-0.15, -0.1) is 0 Å². The number of benzene rings is 2. The number of hydrogen-bond acceptors (Lipinski definition) is 4. The van der Waals surface area contributed by atoms with Crippen molar-refractivity contribution in [3.05, 3.63) is 65.7 Å². The van der Waals surface area contributed by atoms with Crippen molar-refractivity contribution in [1.82, 2.24) is 9.80 Å². The highest BCUT2D eigenvalue weighted by atomic mass is 16.5. The van der Waals surface area contributed by atoms with Gasteiger partial charge in [0.05, 0.1) is 0 Å². The molecule has 0 aromatic heterocycles. The summed E-state index contributed by atoms with van der Waals surface area (Å²) >= 11 is 0.